The summed E-state index contributed by atoms with van der Waals surface area (Å²) in [4.78, 5) is 36.3. The summed E-state index contributed by atoms with van der Waals surface area (Å²) in [5.41, 5.74) is 1.78. The van der Waals surface area contributed by atoms with E-state index in [1.807, 2.05) is 42.5 Å². The van der Waals surface area contributed by atoms with Gasteiger partial charge in [0, 0.05) is 24.6 Å². The molecule has 6 heteroatoms. The second-order valence-electron chi connectivity index (χ2n) is 6.65. The molecule has 148 valence electrons. The van der Waals surface area contributed by atoms with Gasteiger partial charge >= 0.3 is 5.97 Å². The molecule has 0 spiro atoms. The number of methoxy groups -OCH3 is 1. The zero-order valence-corrected chi connectivity index (χ0v) is 16.3. The number of benzene rings is 3. The molecule has 0 aliphatic carbocycles. The molecule has 0 radical (unpaired) electrons. The first-order valence-corrected chi connectivity index (χ1v) is 9.21. The maximum atomic E-state index is 12.7. The number of carbonyl (C=O) groups excluding carboxylic acids is 3. The Hall–Kier alpha value is -3.67. The molecular weight excluding hydrogens is 368 g/mol. The Kier molecular flexibility index (Phi) is 6.24. The molecule has 0 saturated carbocycles. The van der Waals surface area contributed by atoms with Crippen molar-refractivity contribution >= 4 is 34.2 Å². The first-order chi connectivity index (χ1) is 14.0. The van der Waals surface area contributed by atoms with Crippen molar-refractivity contribution in [3.63, 3.8) is 0 Å². The fraction of sp³-hybridized carbons (Fsp3) is 0.174. The van der Waals surface area contributed by atoms with E-state index < -0.39 is 17.9 Å². The van der Waals surface area contributed by atoms with Crippen LogP contribution in [0.15, 0.2) is 66.7 Å². The molecule has 2 N–H and O–H groups in total. The number of hydrogen-bond acceptors (Lipinski definition) is 4. The Balaban J connectivity index is 1.83. The molecule has 0 heterocycles. The van der Waals surface area contributed by atoms with Crippen molar-refractivity contribution in [3.05, 3.63) is 77.9 Å². The van der Waals surface area contributed by atoms with Gasteiger partial charge in [0.15, 0.2) is 0 Å². The first kappa shape index (κ1) is 20.1. The number of fused-ring (bicyclic) bond motifs is 1. The third-order valence-electron chi connectivity index (χ3n) is 4.54. The van der Waals surface area contributed by atoms with Crippen LogP contribution >= 0.6 is 0 Å². The van der Waals surface area contributed by atoms with Crippen LogP contribution in [-0.4, -0.2) is 30.9 Å². The van der Waals surface area contributed by atoms with E-state index in [1.165, 1.54) is 14.0 Å². The summed E-state index contributed by atoms with van der Waals surface area (Å²) in [5.74, 6) is -1.18. The molecule has 3 aromatic rings. The quantitative estimate of drug-likeness (QED) is 0.633. The van der Waals surface area contributed by atoms with Gasteiger partial charge in [0.2, 0.25) is 5.91 Å². The van der Waals surface area contributed by atoms with E-state index >= 15 is 0 Å². The highest BCUT2D eigenvalue weighted by molar-refractivity contribution is 5.99. The molecule has 0 aliphatic rings. The number of ether oxygens (including phenoxy) is 1. The van der Waals surface area contributed by atoms with Crippen LogP contribution in [0.25, 0.3) is 10.8 Å². The van der Waals surface area contributed by atoms with E-state index in [-0.39, 0.29) is 5.91 Å². The third kappa shape index (κ3) is 4.99. The minimum atomic E-state index is -0.845. The van der Waals surface area contributed by atoms with E-state index in [2.05, 4.69) is 10.6 Å². The number of esters is 1. The Bertz CT molecular complexity index is 1060. The SMILES string of the molecule is COC(=O)[C@@H](Cc1cccc2ccccc12)NC(=O)c1cccc(NC(C)=O)c1. The van der Waals surface area contributed by atoms with Crippen LogP contribution in [0.3, 0.4) is 0 Å². The molecule has 2 amide bonds. The summed E-state index contributed by atoms with van der Waals surface area (Å²) in [6.07, 6.45) is 0.297. The molecule has 0 aliphatic heterocycles. The number of anilines is 1. The molecule has 0 saturated heterocycles. The van der Waals surface area contributed by atoms with E-state index in [0.717, 1.165) is 16.3 Å². The second-order valence-corrected chi connectivity index (χ2v) is 6.65. The Morgan fingerprint density at radius 2 is 1.69 bits per heavy atom. The molecule has 3 aromatic carbocycles. The normalized spacial score (nSPS) is 11.5. The van der Waals surface area contributed by atoms with Crippen LogP contribution in [0.1, 0.15) is 22.8 Å². The third-order valence-corrected chi connectivity index (χ3v) is 4.54. The van der Waals surface area contributed by atoms with Crippen LogP contribution in [0, 0.1) is 0 Å². The minimum absolute atomic E-state index is 0.231. The fourth-order valence-electron chi connectivity index (χ4n) is 3.21. The maximum absolute atomic E-state index is 12.7. The number of rotatable bonds is 6. The predicted molar refractivity (Wildman–Crippen MR) is 112 cm³/mol. The standard InChI is InChI=1S/C23H22N2O4/c1-15(26)24-19-11-6-10-18(13-19)22(27)25-21(23(28)29-2)14-17-9-5-8-16-7-3-4-12-20(16)17/h3-13,21H,14H2,1-2H3,(H,24,26)(H,25,27)/t21-/m1/s1. The highest BCUT2D eigenvalue weighted by Crippen LogP contribution is 2.20. The molecule has 0 bridgehead atoms. The van der Waals surface area contributed by atoms with Crippen LogP contribution < -0.4 is 10.6 Å². The zero-order chi connectivity index (χ0) is 20.8. The molecule has 6 nitrogen and oxygen atoms in total. The number of nitrogens with one attached hydrogen (secondary N) is 2. The molecule has 0 aromatic heterocycles. The van der Waals surface area contributed by atoms with Gasteiger partial charge in [-0.2, -0.15) is 0 Å². The zero-order valence-electron chi connectivity index (χ0n) is 16.3. The lowest BCUT2D eigenvalue weighted by molar-refractivity contribution is -0.142. The van der Waals surface area contributed by atoms with Crippen LogP contribution in [0.5, 0.6) is 0 Å². The predicted octanol–water partition coefficient (Wildman–Crippen LogP) is 3.31. The van der Waals surface area contributed by atoms with E-state index in [9.17, 15) is 14.4 Å². The van der Waals surface area contributed by atoms with Crippen LogP contribution in [0.4, 0.5) is 5.69 Å². The molecule has 0 fully saturated rings. The summed E-state index contributed by atoms with van der Waals surface area (Å²) >= 11 is 0. The van der Waals surface area contributed by atoms with Gasteiger partial charge in [-0.3, -0.25) is 9.59 Å². The van der Waals surface area contributed by atoms with Crippen molar-refractivity contribution in [2.75, 3.05) is 12.4 Å². The second kappa shape index (κ2) is 9.01. The van der Waals surface area contributed by atoms with Gasteiger partial charge in [-0.05, 0) is 34.5 Å². The van der Waals surface area contributed by atoms with Crippen molar-refractivity contribution in [1.29, 1.82) is 0 Å². The number of amides is 2. The van der Waals surface area contributed by atoms with Crippen molar-refractivity contribution < 1.29 is 19.1 Å². The summed E-state index contributed by atoms with van der Waals surface area (Å²) in [7, 11) is 1.29. The summed E-state index contributed by atoms with van der Waals surface area (Å²) in [6.45, 7) is 1.39. The van der Waals surface area contributed by atoms with Gasteiger partial charge in [-0.25, -0.2) is 4.79 Å². The molecule has 3 rings (SSSR count). The Morgan fingerprint density at radius 1 is 0.966 bits per heavy atom. The average molecular weight is 390 g/mol. The van der Waals surface area contributed by atoms with Crippen LogP contribution in [-0.2, 0) is 20.7 Å². The number of carbonyl (C=O) groups is 3. The van der Waals surface area contributed by atoms with Crippen LogP contribution in [0.2, 0.25) is 0 Å². The lowest BCUT2D eigenvalue weighted by atomic mass is 9.98. The summed E-state index contributed by atoms with van der Waals surface area (Å²) in [5, 5.41) is 7.47. The fourth-order valence-corrected chi connectivity index (χ4v) is 3.21. The topological polar surface area (TPSA) is 84.5 Å². The Labute approximate surface area is 168 Å². The van der Waals surface area contributed by atoms with E-state index in [1.54, 1.807) is 24.3 Å². The van der Waals surface area contributed by atoms with Crippen molar-refractivity contribution in [2.24, 2.45) is 0 Å². The van der Waals surface area contributed by atoms with Crippen molar-refractivity contribution in [1.82, 2.24) is 5.32 Å². The van der Waals surface area contributed by atoms with E-state index in [0.29, 0.717) is 17.7 Å². The average Bonchev–Trinajstić information content (AvgIpc) is 2.72. The smallest absolute Gasteiger partial charge is 0.328 e. The van der Waals surface area contributed by atoms with Crippen molar-refractivity contribution in [3.8, 4) is 0 Å². The number of hydrogen-bond donors (Lipinski definition) is 2. The Morgan fingerprint density at radius 3 is 2.45 bits per heavy atom. The van der Waals surface area contributed by atoms with Crippen molar-refractivity contribution in [2.45, 2.75) is 19.4 Å². The van der Waals surface area contributed by atoms with E-state index in [4.69, 9.17) is 4.74 Å². The monoisotopic (exact) mass is 390 g/mol. The first-order valence-electron chi connectivity index (χ1n) is 9.21. The minimum Gasteiger partial charge on any atom is -0.467 e. The van der Waals surface area contributed by atoms with Gasteiger partial charge in [-0.1, -0.05) is 48.5 Å². The molecule has 1 atom stereocenters. The highest BCUT2D eigenvalue weighted by atomic mass is 16.5. The van der Waals surface area contributed by atoms with Gasteiger partial charge < -0.3 is 15.4 Å². The van der Waals surface area contributed by atoms with Gasteiger partial charge in [-0.15, -0.1) is 0 Å². The van der Waals surface area contributed by atoms with Gasteiger partial charge in [0.05, 0.1) is 7.11 Å². The summed E-state index contributed by atoms with van der Waals surface area (Å²) in [6, 6.07) is 19.4. The molecule has 29 heavy (non-hydrogen) atoms. The maximum Gasteiger partial charge on any atom is 0.328 e. The molecular formula is C23H22N2O4. The largest absolute Gasteiger partial charge is 0.467 e. The molecule has 0 unspecified atom stereocenters. The lowest BCUT2D eigenvalue weighted by Gasteiger charge is -2.18. The van der Waals surface area contributed by atoms with Gasteiger partial charge in [0.1, 0.15) is 6.04 Å². The van der Waals surface area contributed by atoms with Gasteiger partial charge in [0.25, 0.3) is 5.91 Å². The summed E-state index contributed by atoms with van der Waals surface area (Å²) < 4.78 is 4.90. The lowest BCUT2D eigenvalue weighted by Crippen LogP contribution is -2.43. The highest BCUT2D eigenvalue weighted by Gasteiger charge is 2.23.